The zero-order valence-corrected chi connectivity index (χ0v) is 10.5. The summed E-state index contributed by atoms with van der Waals surface area (Å²) in [5.41, 5.74) is 7.31. The van der Waals surface area contributed by atoms with Gasteiger partial charge in [-0.3, -0.25) is 0 Å². The predicted octanol–water partition coefficient (Wildman–Crippen LogP) is 2.94. The molecule has 1 aromatic carbocycles. The summed E-state index contributed by atoms with van der Waals surface area (Å²) in [6.07, 6.45) is 0. The van der Waals surface area contributed by atoms with E-state index in [9.17, 15) is 4.39 Å². The summed E-state index contributed by atoms with van der Waals surface area (Å²) >= 11 is 0. The van der Waals surface area contributed by atoms with Gasteiger partial charge < -0.3 is 10.6 Å². The van der Waals surface area contributed by atoms with Crippen LogP contribution in [0.5, 0.6) is 0 Å². The number of nitrogens with zero attached hydrogens (tertiary/aromatic N) is 1. The third-order valence-electron chi connectivity index (χ3n) is 2.54. The summed E-state index contributed by atoms with van der Waals surface area (Å²) < 4.78 is 13.7. The molecule has 0 radical (unpaired) electrons. The van der Waals surface area contributed by atoms with E-state index in [2.05, 4.69) is 18.7 Å². The maximum Gasteiger partial charge on any atom is 0.130 e. The van der Waals surface area contributed by atoms with Crippen LogP contribution in [0, 0.1) is 11.7 Å². The Bertz CT molecular complexity index is 348. The van der Waals surface area contributed by atoms with Gasteiger partial charge >= 0.3 is 0 Å². The first-order valence-corrected chi connectivity index (χ1v) is 5.68. The molecule has 0 saturated carbocycles. The van der Waals surface area contributed by atoms with Crippen LogP contribution in [0.2, 0.25) is 0 Å². The van der Waals surface area contributed by atoms with E-state index < -0.39 is 0 Å². The van der Waals surface area contributed by atoms with Crippen molar-refractivity contribution in [3.8, 4) is 0 Å². The molecular formula is C13H21FN2. The molecule has 90 valence electrons. The van der Waals surface area contributed by atoms with E-state index in [-0.39, 0.29) is 11.9 Å². The van der Waals surface area contributed by atoms with Crippen molar-refractivity contribution < 1.29 is 4.39 Å². The average Bonchev–Trinajstić information content (AvgIpc) is 2.15. The van der Waals surface area contributed by atoms with Crippen molar-refractivity contribution >= 4 is 5.69 Å². The molecule has 1 aromatic rings. The highest BCUT2D eigenvalue weighted by molar-refractivity contribution is 5.55. The Morgan fingerprint density at radius 2 is 1.94 bits per heavy atom. The quantitative estimate of drug-likeness (QED) is 0.852. The lowest BCUT2D eigenvalue weighted by molar-refractivity contribution is 0.587. The van der Waals surface area contributed by atoms with Crippen molar-refractivity contribution in [2.45, 2.75) is 26.8 Å². The molecule has 0 fully saturated rings. The van der Waals surface area contributed by atoms with Gasteiger partial charge in [-0.25, -0.2) is 4.39 Å². The molecule has 0 heterocycles. The highest BCUT2D eigenvalue weighted by Crippen LogP contribution is 2.27. The van der Waals surface area contributed by atoms with Crippen LogP contribution in [-0.2, 0) is 0 Å². The lowest BCUT2D eigenvalue weighted by Crippen LogP contribution is -2.25. The number of rotatable bonds is 4. The van der Waals surface area contributed by atoms with Crippen LogP contribution >= 0.6 is 0 Å². The summed E-state index contributed by atoms with van der Waals surface area (Å²) in [4.78, 5) is 2.06. The standard InChI is InChI=1S/C13H21FN2/c1-9(2)8-16(4)12-7-5-6-11(14)13(12)10(3)15/h5-7,9-10H,8,15H2,1-4H3. The van der Waals surface area contributed by atoms with Crippen LogP contribution in [-0.4, -0.2) is 13.6 Å². The van der Waals surface area contributed by atoms with E-state index in [4.69, 9.17) is 5.73 Å². The van der Waals surface area contributed by atoms with E-state index in [0.717, 1.165) is 12.2 Å². The van der Waals surface area contributed by atoms with Crippen molar-refractivity contribution in [2.24, 2.45) is 11.7 Å². The van der Waals surface area contributed by atoms with E-state index in [1.807, 2.05) is 20.0 Å². The van der Waals surface area contributed by atoms with Gasteiger partial charge in [0.2, 0.25) is 0 Å². The molecule has 0 bridgehead atoms. The van der Waals surface area contributed by atoms with E-state index in [1.54, 1.807) is 6.07 Å². The summed E-state index contributed by atoms with van der Waals surface area (Å²) in [5.74, 6) is 0.317. The first-order valence-electron chi connectivity index (χ1n) is 5.68. The summed E-state index contributed by atoms with van der Waals surface area (Å²) in [5, 5.41) is 0. The van der Waals surface area contributed by atoms with Gasteiger partial charge in [0.1, 0.15) is 5.82 Å². The molecule has 0 saturated heterocycles. The van der Waals surface area contributed by atoms with Gasteiger partial charge in [-0.1, -0.05) is 19.9 Å². The number of nitrogens with two attached hydrogens (primary N) is 1. The van der Waals surface area contributed by atoms with Crippen molar-refractivity contribution in [2.75, 3.05) is 18.5 Å². The zero-order chi connectivity index (χ0) is 12.3. The molecule has 2 nitrogen and oxygen atoms in total. The van der Waals surface area contributed by atoms with Crippen LogP contribution in [0.3, 0.4) is 0 Å². The summed E-state index contributed by atoms with van der Waals surface area (Å²) in [6.45, 7) is 6.98. The van der Waals surface area contributed by atoms with Crippen LogP contribution in [0.1, 0.15) is 32.4 Å². The van der Waals surface area contributed by atoms with E-state index in [1.165, 1.54) is 6.07 Å². The van der Waals surface area contributed by atoms with E-state index in [0.29, 0.717) is 11.5 Å². The Labute approximate surface area is 97.3 Å². The fourth-order valence-corrected chi connectivity index (χ4v) is 1.96. The number of hydrogen-bond acceptors (Lipinski definition) is 2. The van der Waals surface area contributed by atoms with Crippen molar-refractivity contribution in [1.82, 2.24) is 0 Å². The third kappa shape index (κ3) is 2.95. The Morgan fingerprint density at radius 1 is 1.31 bits per heavy atom. The smallest absolute Gasteiger partial charge is 0.130 e. The molecule has 1 rings (SSSR count). The predicted molar refractivity (Wildman–Crippen MR) is 67.1 cm³/mol. The molecule has 0 aliphatic heterocycles. The highest BCUT2D eigenvalue weighted by Gasteiger charge is 2.15. The SMILES string of the molecule is CC(C)CN(C)c1cccc(F)c1C(C)N. The molecule has 2 N–H and O–H groups in total. The van der Waals surface area contributed by atoms with Gasteiger partial charge in [0, 0.05) is 30.9 Å². The number of anilines is 1. The molecule has 0 aliphatic rings. The topological polar surface area (TPSA) is 29.3 Å². The van der Waals surface area contributed by atoms with Gasteiger partial charge in [-0.2, -0.15) is 0 Å². The Morgan fingerprint density at radius 3 is 2.44 bits per heavy atom. The number of hydrogen-bond donors (Lipinski definition) is 1. The Kier molecular flexibility index (Phi) is 4.30. The highest BCUT2D eigenvalue weighted by atomic mass is 19.1. The number of halogens is 1. The molecule has 0 amide bonds. The molecule has 16 heavy (non-hydrogen) atoms. The monoisotopic (exact) mass is 224 g/mol. The fraction of sp³-hybridized carbons (Fsp3) is 0.538. The van der Waals surface area contributed by atoms with Crippen molar-refractivity contribution in [3.05, 3.63) is 29.6 Å². The van der Waals surface area contributed by atoms with Gasteiger partial charge in [0.15, 0.2) is 0 Å². The fourth-order valence-electron chi connectivity index (χ4n) is 1.96. The second-order valence-corrected chi connectivity index (χ2v) is 4.74. The minimum Gasteiger partial charge on any atom is -0.374 e. The minimum absolute atomic E-state index is 0.219. The zero-order valence-electron chi connectivity index (χ0n) is 10.5. The van der Waals surface area contributed by atoms with Gasteiger partial charge in [0.25, 0.3) is 0 Å². The molecule has 0 aromatic heterocycles. The molecule has 1 atom stereocenters. The molecule has 0 aliphatic carbocycles. The van der Waals surface area contributed by atoms with E-state index >= 15 is 0 Å². The maximum atomic E-state index is 13.7. The first kappa shape index (κ1) is 13.0. The lowest BCUT2D eigenvalue weighted by Gasteiger charge is -2.25. The average molecular weight is 224 g/mol. The van der Waals surface area contributed by atoms with Crippen LogP contribution in [0.15, 0.2) is 18.2 Å². The van der Waals surface area contributed by atoms with Crippen molar-refractivity contribution in [3.63, 3.8) is 0 Å². The van der Waals surface area contributed by atoms with Crippen LogP contribution < -0.4 is 10.6 Å². The maximum absolute atomic E-state index is 13.7. The first-order chi connectivity index (χ1) is 7.43. The molecule has 0 spiro atoms. The van der Waals surface area contributed by atoms with Crippen LogP contribution in [0.25, 0.3) is 0 Å². The molecule has 3 heteroatoms. The summed E-state index contributed by atoms with van der Waals surface area (Å²) in [6, 6.07) is 4.83. The second-order valence-electron chi connectivity index (χ2n) is 4.74. The largest absolute Gasteiger partial charge is 0.374 e. The normalized spacial score (nSPS) is 12.9. The second kappa shape index (κ2) is 5.30. The van der Waals surface area contributed by atoms with Gasteiger partial charge in [-0.15, -0.1) is 0 Å². The van der Waals surface area contributed by atoms with Crippen molar-refractivity contribution in [1.29, 1.82) is 0 Å². The van der Waals surface area contributed by atoms with Gasteiger partial charge in [-0.05, 0) is 25.0 Å². The minimum atomic E-state index is -0.286. The van der Waals surface area contributed by atoms with Crippen LogP contribution in [0.4, 0.5) is 10.1 Å². The Hall–Kier alpha value is -1.09. The molecular weight excluding hydrogens is 203 g/mol. The number of benzene rings is 1. The third-order valence-corrected chi connectivity index (χ3v) is 2.54. The lowest BCUT2D eigenvalue weighted by atomic mass is 10.0. The Balaban J connectivity index is 3.07. The summed E-state index contributed by atoms with van der Waals surface area (Å²) in [7, 11) is 1.97. The van der Waals surface area contributed by atoms with Gasteiger partial charge in [0.05, 0.1) is 0 Å². The molecule has 1 unspecified atom stereocenters.